The number of fused-ring (bicyclic) bond motifs is 1. The van der Waals surface area contributed by atoms with E-state index in [1.54, 1.807) is 12.1 Å². The minimum Gasteiger partial charge on any atom is -0.378 e. The zero-order valence-electron chi connectivity index (χ0n) is 15.2. The third kappa shape index (κ3) is 3.77. The summed E-state index contributed by atoms with van der Waals surface area (Å²) < 4.78 is 67.8. The Kier molecular flexibility index (Phi) is 5.24. The fourth-order valence-corrected chi connectivity index (χ4v) is 4.06. The molecule has 30 heavy (non-hydrogen) atoms. The number of benzene rings is 1. The van der Waals surface area contributed by atoms with Gasteiger partial charge in [0, 0.05) is 30.7 Å². The molecule has 1 aliphatic rings. The summed E-state index contributed by atoms with van der Waals surface area (Å²) in [6.45, 7) is 2.83. The molecule has 0 bridgehead atoms. The van der Waals surface area contributed by atoms with Crippen LogP contribution in [0.15, 0.2) is 36.5 Å². The standard InChI is InChI=1S/C17H15ClF3N5O3S/c18-14-13-5-6-26(30(27,28)17(19,20)21)15(13)24-16(23-14)22-11-1-3-12(4-2-11)25-7-9-29-10-8-25/h1-6H,7-10H2,(H,22,23,24). The van der Waals surface area contributed by atoms with E-state index in [-0.39, 0.29) is 20.5 Å². The predicted octanol–water partition coefficient (Wildman–Crippen LogP) is 3.36. The Morgan fingerprint density at radius 2 is 1.73 bits per heavy atom. The first-order valence-corrected chi connectivity index (χ1v) is 10.5. The number of rotatable bonds is 4. The zero-order valence-corrected chi connectivity index (χ0v) is 16.8. The van der Waals surface area contributed by atoms with Crippen LogP contribution in [0, 0.1) is 0 Å². The van der Waals surface area contributed by atoms with Crippen LogP contribution in [0.2, 0.25) is 5.15 Å². The van der Waals surface area contributed by atoms with E-state index in [2.05, 4.69) is 20.2 Å². The van der Waals surface area contributed by atoms with Crippen molar-refractivity contribution in [2.75, 3.05) is 36.5 Å². The van der Waals surface area contributed by atoms with Gasteiger partial charge in [0.15, 0.2) is 5.65 Å². The largest absolute Gasteiger partial charge is 0.517 e. The first-order chi connectivity index (χ1) is 14.2. The monoisotopic (exact) mass is 461 g/mol. The number of nitrogens with zero attached hydrogens (tertiary/aromatic N) is 4. The molecule has 0 saturated carbocycles. The summed E-state index contributed by atoms with van der Waals surface area (Å²) in [5, 5.41) is 2.64. The highest BCUT2D eigenvalue weighted by atomic mass is 35.5. The highest BCUT2D eigenvalue weighted by Gasteiger charge is 2.48. The molecule has 8 nitrogen and oxygen atoms in total. The molecule has 0 amide bonds. The summed E-state index contributed by atoms with van der Waals surface area (Å²) in [5.74, 6) is -0.135. The zero-order chi connectivity index (χ0) is 21.5. The van der Waals surface area contributed by atoms with E-state index in [0.717, 1.165) is 31.0 Å². The molecule has 4 rings (SSSR count). The van der Waals surface area contributed by atoms with Crippen molar-refractivity contribution < 1.29 is 26.3 Å². The van der Waals surface area contributed by atoms with Crippen LogP contribution < -0.4 is 10.2 Å². The van der Waals surface area contributed by atoms with Gasteiger partial charge in [0.1, 0.15) is 5.15 Å². The van der Waals surface area contributed by atoms with Crippen LogP contribution in [0.3, 0.4) is 0 Å². The molecule has 13 heteroatoms. The van der Waals surface area contributed by atoms with Crippen LogP contribution in [0.5, 0.6) is 0 Å². The van der Waals surface area contributed by atoms with E-state index < -0.39 is 21.2 Å². The van der Waals surface area contributed by atoms with E-state index >= 15 is 0 Å². The first-order valence-electron chi connectivity index (χ1n) is 8.73. The molecule has 3 heterocycles. The maximum absolute atomic E-state index is 13.0. The second-order valence-corrected chi connectivity index (χ2v) is 8.57. The second-order valence-electron chi connectivity index (χ2n) is 6.41. The average Bonchev–Trinajstić information content (AvgIpc) is 3.14. The summed E-state index contributed by atoms with van der Waals surface area (Å²) >= 11 is 6.03. The fraction of sp³-hybridized carbons (Fsp3) is 0.294. The lowest BCUT2D eigenvalue weighted by Gasteiger charge is -2.28. The number of halogens is 4. The number of hydrogen-bond acceptors (Lipinski definition) is 7. The van der Waals surface area contributed by atoms with E-state index in [0.29, 0.717) is 18.9 Å². The smallest absolute Gasteiger partial charge is 0.378 e. The molecule has 0 aliphatic carbocycles. The molecule has 1 N–H and O–H groups in total. The molecule has 0 radical (unpaired) electrons. The van der Waals surface area contributed by atoms with Crippen LogP contribution in [0.25, 0.3) is 11.0 Å². The first kappa shape index (κ1) is 20.7. The van der Waals surface area contributed by atoms with E-state index in [1.165, 1.54) is 0 Å². The van der Waals surface area contributed by atoms with Crippen LogP contribution in [0.1, 0.15) is 0 Å². The van der Waals surface area contributed by atoms with Gasteiger partial charge in [-0.2, -0.15) is 26.6 Å². The van der Waals surface area contributed by atoms with Gasteiger partial charge in [-0.05, 0) is 30.3 Å². The van der Waals surface area contributed by atoms with Crippen LogP contribution in [0.4, 0.5) is 30.5 Å². The Morgan fingerprint density at radius 1 is 1.07 bits per heavy atom. The number of nitrogens with one attached hydrogen (secondary N) is 1. The third-order valence-corrected chi connectivity index (χ3v) is 6.20. The lowest BCUT2D eigenvalue weighted by atomic mass is 10.2. The van der Waals surface area contributed by atoms with Crippen molar-refractivity contribution in [2.24, 2.45) is 0 Å². The Balaban J connectivity index is 1.64. The summed E-state index contributed by atoms with van der Waals surface area (Å²) in [4.78, 5) is 10.1. The molecule has 1 aromatic carbocycles. The van der Waals surface area contributed by atoms with E-state index in [1.807, 2.05) is 12.1 Å². The maximum atomic E-state index is 13.0. The van der Waals surface area contributed by atoms with Gasteiger partial charge in [0.25, 0.3) is 0 Å². The molecule has 1 saturated heterocycles. The molecule has 3 aromatic rings. The average molecular weight is 462 g/mol. The van der Waals surface area contributed by atoms with Gasteiger partial charge in [0.2, 0.25) is 5.95 Å². The van der Waals surface area contributed by atoms with E-state index in [4.69, 9.17) is 16.3 Å². The Bertz CT molecular complexity index is 1180. The Morgan fingerprint density at radius 3 is 2.37 bits per heavy atom. The molecule has 0 unspecified atom stereocenters. The van der Waals surface area contributed by atoms with Crippen molar-refractivity contribution in [2.45, 2.75) is 5.51 Å². The Labute approximate surface area is 174 Å². The summed E-state index contributed by atoms with van der Waals surface area (Å²) in [6, 6.07) is 8.34. The van der Waals surface area contributed by atoms with Gasteiger partial charge in [-0.15, -0.1) is 0 Å². The summed E-state index contributed by atoms with van der Waals surface area (Å²) in [5.41, 5.74) is -4.42. The highest BCUT2D eigenvalue weighted by Crippen LogP contribution is 2.31. The van der Waals surface area contributed by atoms with E-state index in [9.17, 15) is 21.6 Å². The maximum Gasteiger partial charge on any atom is 0.517 e. The van der Waals surface area contributed by atoms with Crippen LogP contribution in [-0.4, -0.2) is 54.2 Å². The quantitative estimate of drug-likeness (QED) is 0.596. The highest BCUT2D eigenvalue weighted by molar-refractivity contribution is 7.90. The van der Waals surface area contributed by atoms with Crippen molar-refractivity contribution in [1.29, 1.82) is 0 Å². The minimum atomic E-state index is -5.66. The van der Waals surface area contributed by atoms with Gasteiger partial charge in [-0.25, -0.2) is 8.96 Å². The van der Waals surface area contributed by atoms with Crippen molar-refractivity contribution in [3.05, 3.63) is 41.7 Å². The number of alkyl halides is 3. The molecular weight excluding hydrogens is 447 g/mol. The number of ether oxygens (including phenoxy) is 1. The van der Waals surface area contributed by atoms with Crippen LogP contribution in [-0.2, 0) is 14.8 Å². The lowest BCUT2D eigenvalue weighted by molar-refractivity contribution is -0.0445. The number of hydrogen-bond donors (Lipinski definition) is 1. The number of anilines is 3. The normalized spacial score (nSPS) is 15.5. The Hall–Kier alpha value is -2.57. The molecule has 0 atom stereocenters. The SMILES string of the molecule is O=S(=O)(n1ccc2c(Cl)nc(Nc3ccc(N4CCOCC4)cc3)nc21)C(F)(F)F. The van der Waals surface area contributed by atoms with Crippen molar-refractivity contribution in [3.8, 4) is 0 Å². The van der Waals surface area contributed by atoms with Gasteiger partial charge < -0.3 is 15.0 Å². The molecular formula is C17H15ClF3N5O3S. The van der Waals surface area contributed by atoms with Crippen molar-refractivity contribution in [1.82, 2.24) is 13.9 Å². The minimum absolute atomic E-state index is 0.0160. The van der Waals surface area contributed by atoms with Crippen LogP contribution >= 0.6 is 11.6 Å². The molecule has 2 aromatic heterocycles. The number of aromatic nitrogens is 3. The number of morpholine rings is 1. The topological polar surface area (TPSA) is 89.4 Å². The van der Waals surface area contributed by atoms with Gasteiger partial charge in [-0.1, -0.05) is 11.6 Å². The molecule has 160 valence electrons. The van der Waals surface area contributed by atoms with Crippen molar-refractivity contribution >= 4 is 50.0 Å². The van der Waals surface area contributed by atoms with Gasteiger partial charge in [-0.3, -0.25) is 0 Å². The molecule has 0 spiro atoms. The summed E-state index contributed by atoms with van der Waals surface area (Å²) in [6.07, 6.45) is 0.745. The lowest BCUT2D eigenvalue weighted by Crippen LogP contribution is -2.36. The second kappa shape index (κ2) is 7.60. The van der Waals surface area contributed by atoms with Gasteiger partial charge in [0.05, 0.1) is 18.6 Å². The summed E-state index contributed by atoms with van der Waals surface area (Å²) in [7, 11) is -5.66. The third-order valence-electron chi connectivity index (χ3n) is 4.52. The van der Waals surface area contributed by atoms with Crippen molar-refractivity contribution in [3.63, 3.8) is 0 Å². The molecule has 1 fully saturated rings. The van der Waals surface area contributed by atoms with Gasteiger partial charge >= 0.3 is 15.5 Å². The fourth-order valence-electron chi connectivity index (χ4n) is 3.02. The predicted molar refractivity (Wildman–Crippen MR) is 106 cm³/mol. The molecule has 1 aliphatic heterocycles.